The largest absolute Gasteiger partial charge is 0.493 e. The van der Waals surface area contributed by atoms with Gasteiger partial charge in [-0.3, -0.25) is 0 Å². The van der Waals surface area contributed by atoms with Crippen molar-refractivity contribution < 1.29 is 9.47 Å². The van der Waals surface area contributed by atoms with Gasteiger partial charge in [0.2, 0.25) is 0 Å². The molecule has 2 nitrogen and oxygen atoms in total. The fourth-order valence-corrected chi connectivity index (χ4v) is 3.74. The molecule has 2 aromatic rings. The lowest BCUT2D eigenvalue weighted by atomic mass is 9.77. The van der Waals surface area contributed by atoms with E-state index in [4.69, 9.17) is 9.47 Å². The second-order valence-corrected chi connectivity index (χ2v) is 9.14. The molecule has 27 heavy (non-hydrogen) atoms. The Bertz CT molecular complexity index is 680. The van der Waals surface area contributed by atoms with Crippen molar-refractivity contribution in [3.8, 4) is 11.5 Å². The molecule has 0 heterocycles. The van der Waals surface area contributed by atoms with Gasteiger partial charge in [0.05, 0.1) is 13.2 Å². The smallest absolute Gasteiger partial charge is 0.124 e. The van der Waals surface area contributed by atoms with Crippen LogP contribution in [0.15, 0.2) is 45.3 Å². The molecule has 0 aliphatic rings. The van der Waals surface area contributed by atoms with Crippen LogP contribution in [0, 0.1) is 0 Å². The number of halogens is 2. The van der Waals surface area contributed by atoms with Crippen molar-refractivity contribution >= 4 is 31.9 Å². The minimum absolute atomic E-state index is 0.246. The molecule has 0 spiro atoms. The first-order chi connectivity index (χ1) is 12.9. The first-order valence-corrected chi connectivity index (χ1v) is 11.3. The first-order valence-electron chi connectivity index (χ1n) is 9.75. The van der Waals surface area contributed by atoms with Crippen LogP contribution in [0.5, 0.6) is 11.5 Å². The van der Waals surface area contributed by atoms with Gasteiger partial charge in [-0.25, -0.2) is 0 Å². The predicted molar refractivity (Wildman–Crippen MR) is 121 cm³/mol. The van der Waals surface area contributed by atoms with E-state index in [-0.39, 0.29) is 5.41 Å². The number of rotatable bonds is 10. The van der Waals surface area contributed by atoms with E-state index in [1.807, 2.05) is 0 Å². The molecule has 4 heteroatoms. The fourth-order valence-electron chi connectivity index (χ4n) is 3.06. The summed E-state index contributed by atoms with van der Waals surface area (Å²) in [5, 5.41) is 0. The third-order valence-electron chi connectivity index (χ3n) is 4.74. The van der Waals surface area contributed by atoms with E-state index in [1.54, 1.807) is 0 Å². The SMILES string of the molecule is CCCCOc1cc(Br)ccc1C(C)(C)c1ccc(Br)cc1OCCCC. The molecule has 0 radical (unpaired) electrons. The van der Waals surface area contributed by atoms with Crippen molar-refractivity contribution in [2.24, 2.45) is 0 Å². The Morgan fingerprint density at radius 3 is 1.52 bits per heavy atom. The Hall–Kier alpha value is -1.00. The molecule has 0 aromatic heterocycles. The topological polar surface area (TPSA) is 18.5 Å². The summed E-state index contributed by atoms with van der Waals surface area (Å²) in [4.78, 5) is 0. The highest BCUT2D eigenvalue weighted by Gasteiger charge is 2.30. The van der Waals surface area contributed by atoms with Crippen molar-refractivity contribution in [2.45, 2.75) is 58.8 Å². The Morgan fingerprint density at radius 2 is 1.15 bits per heavy atom. The molecule has 0 saturated carbocycles. The Morgan fingerprint density at radius 1 is 0.741 bits per heavy atom. The Balaban J connectivity index is 2.43. The van der Waals surface area contributed by atoms with Crippen molar-refractivity contribution in [1.82, 2.24) is 0 Å². The molecule has 0 amide bonds. The third-order valence-corrected chi connectivity index (χ3v) is 5.73. The maximum Gasteiger partial charge on any atom is 0.124 e. The van der Waals surface area contributed by atoms with Crippen LogP contribution in [0.25, 0.3) is 0 Å². The Kier molecular flexibility index (Phi) is 8.68. The van der Waals surface area contributed by atoms with Gasteiger partial charge >= 0.3 is 0 Å². The summed E-state index contributed by atoms with van der Waals surface area (Å²) in [6.07, 6.45) is 4.34. The standard InChI is InChI=1S/C23H30Br2O2/c1-5-7-13-26-21-15-17(24)9-11-19(21)23(3,4)20-12-10-18(25)16-22(20)27-14-8-6-2/h9-12,15-16H,5-8,13-14H2,1-4H3. The van der Waals surface area contributed by atoms with Crippen LogP contribution in [0.1, 0.15) is 64.5 Å². The second-order valence-electron chi connectivity index (χ2n) is 7.31. The highest BCUT2D eigenvalue weighted by Crippen LogP contribution is 2.43. The predicted octanol–water partition coefficient (Wildman–Crippen LogP) is 7.90. The van der Waals surface area contributed by atoms with E-state index >= 15 is 0 Å². The van der Waals surface area contributed by atoms with Gasteiger partial charge in [-0.15, -0.1) is 0 Å². The van der Waals surface area contributed by atoms with Gasteiger partial charge < -0.3 is 9.47 Å². The maximum atomic E-state index is 6.15. The number of unbranched alkanes of at least 4 members (excludes halogenated alkanes) is 2. The molecule has 2 aromatic carbocycles. The van der Waals surface area contributed by atoms with Crippen LogP contribution in [-0.2, 0) is 5.41 Å². The minimum atomic E-state index is -0.246. The van der Waals surface area contributed by atoms with Crippen molar-refractivity contribution in [2.75, 3.05) is 13.2 Å². The molecule has 0 saturated heterocycles. The van der Waals surface area contributed by atoms with E-state index in [0.29, 0.717) is 0 Å². The zero-order valence-corrected chi connectivity index (χ0v) is 20.0. The summed E-state index contributed by atoms with van der Waals surface area (Å²) in [5.74, 6) is 1.87. The quantitative estimate of drug-likeness (QED) is 0.310. The first kappa shape index (κ1) is 22.3. The van der Waals surface area contributed by atoms with Crippen LogP contribution in [0.2, 0.25) is 0 Å². The molecule has 0 N–H and O–H groups in total. The van der Waals surface area contributed by atoms with Gasteiger partial charge in [0.15, 0.2) is 0 Å². The lowest BCUT2D eigenvalue weighted by Gasteiger charge is -2.30. The van der Waals surface area contributed by atoms with Crippen LogP contribution in [0.3, 0.4) is 0 Å². The number of benzene rings is 2. The number of hydrogen-bond acceptors (Lipinski definition) is 2. The lowest BCUT2D eigenvalue weighted by molar-refractivity contribution is 0.295. The number of ether oxygens (including phenoxy) is 2. The summed E-state index contributed by atoms with van der Waals surface area (Å²) in [6.45, 7) is 10.3. The van der Waals surface area contributed by atoms with Gasteiger partial charge in [-0.1, -0.05) is 84.5 Å². The molecule has 0 unspecified atom stereocenters. The fraction of sp³-hybridized carbons (Fsp3) is 0.478. The molecule has 2 rings (SSSR count). The highest BCUT2D eigenvalue weighted by atomic mass is 79.9. The highest BCUT2D eigenvalue weighted by molar-refractivity contribution is 9.10. The van der Waals surface area contributed by atoms with Gasteiger partial charge in [-0.05, 0) is 37.1 Å². The number of hydrogen-bond donors (Lipinski definition) is 0. The third kappa shape index (κ3) is 5.99. The molecular weight excluding hydrogens is 468 g/mol. The van der Waals surface area contributed by atoms with Crippen LogP contribution >= 0.6 is 31.9 Å². The molecule has 0 aliphatic carbocycles. The van der Waals surface area contributed by atoms with E-state index in [9.17, 15) is 0 Å². The molecular formula is C23H30Br2O2. The van der Waals surface area contributed by atoms with Gasteiger partial charge in [0.1, 0.15) is 11.5 Å². The zero-order chi connectivity index (χ0) is 19.9. The molecule has 0 atom stereocenters. The zero-order valence-electron chi connectivity index (χ0n) is 16.8. The molecule has 0 aliphatic heterocycles. The lowest BCUT2D eigenvalue weighted by Crippen LogP contribution is -2.22. The summed E-state index contributed by atoms with van der Waals surface area (Å²) < 4.78 is 14.4. The Labute approximate surface area is 180 Å². The second kappa shape index (κ2) is 10.5. The molecule has 0 bridgehead atoms. The van der Waals surface area contributed by atoms with Gasteiger partial charge in [0, 0.05) is 25.5 Å². The average Bonchev–Trinajstić information content (AvgIpc) is 2.62. The summed E-state index contributed by atoms with van der Waals surface area (Å²) in [6, 6.07) is 12.6. The average molecular weight is 498 g/mol. The van der Waals surface area contributed by atoms with Crippen LogP contribution < -0.4 is 9.47 Å². The molecule has 0 fully saturated rings. The van der Waals surface area contributed by atoms with Crippen molar-refractivity contribution in [3.63, 3.8) is 0 Å². The van der Waals surface area contributed by atoms with Crippen molar-refractivity contribution in [3.05, 3.63) is 56.5 Å². The van der Waals surface area contributed by atoms with Crippen molar-refractivity contribution in [1.29, 1.82) is 0 Å². The summed E-state index contributed by atoms with van der Waals surface area (Å²) in [5.41, 5.74) is 2.10. The monoisotopic (exact) mass is 496 g/mol. The summed E-state index contributed by atoms with van der Waals surface area (Å²) >= 11 is 7.17. The van der Waals surface area contributed by atoms with Crippen LogP contribution in [0.4, 0.5) is 0 Å². The molecule has 148 valence electrons. The maximum absolute atomic E-state index is 6.15. The van der Waals surface area contributed by atoms with Gasteiger partial charge in [-0.2, -0.15) is 0 Å². The normalized spacial score (nSPS) is 11.5. The van der Waals surface area contributed by atoms with E-state index < -0.39 is 0 Å². The van der Waals surface area contributed by atoms with E-state index in [2.05, 4.69) is 96.0 Å². The minimum Gasteiger partial charge on any atom is -0.493 e. The summed E-state index contributed by atoms with van der Waals surface area (Å²) in [7, 11) is 0. The van der Waals surface area contributed by atoms with E-state index in [0.717, 1.165) is 59.3 Å². The van der Waals surface area contributed by atoms with Crippen LogP contribution in [-0.4, -0.2) is 13.2 Å². The van der Waals surface area contributed by atoms with E-state index in [1.165, 1.54) is 11.1 Å². The van der Waals surface area contributed by atoms with Gasteiger partial charge in [0.25, 0.3) is 0 Å².